The zero-order valence-electron chi connectivity index (χ0n) is 7.70. The maximum Gasteiger partial charge on any atom is 0.335 e. The summed E-state index contributed by atoms with van der Waals surface area (Å²) in [5, 5.41) is 11.0. The van der Waals surface area contributed by atoms with Crippen molar-refractivity contribution < 1.29 is 9.90 Å². The molecule has 0 unspecified atom stereocenters. The number of aromatic carboxylic acids is 1. The SMILES string of the molecule is Nc1cc(C(=O)O)cc2ccc(Cl)cc12. The quantitative estimate of drug-likeness (QED) is 0.728. The standard InChI is InChI=1S/C11H8ClNO2/c12-8-2-1-6-3-7(11(14)15)4-10(13)9(6)5-8/h1-5H,13H2,(H,14,15). The lowest BCUT2D eigenvalue weighted by molar-refractivity contribution is 0.0697. The molecule has 0 spiro atoms. The summed E-state index contributed by atoms with van der Waals surface area (Å²) in [5.74, 6) is -0.987. The van der Waals surface area contributed by atoms with Gasteiger partial charge in [0.15, 0.2) is 0 Å². The average molecular weight is 222 g/mol. The maximum atomic E-state index is 10.8. The Morgan fingerprint density at radius 1 is 1.27 bits per heavy atom. The van der Waals surface area contributed by atoms with Crippen LogP contribution in [0.2, 0.25) is 5.02 Å². The lowest BCUT2D eigenvalue weighted by Crippen LogP contribution is -1.98. The molecule has 2 aromatic rings. The largest absolute Gasteiger partial charge is 0.478 e. The number of hydrogen-bond acceptors (Lipinski definition) is 2. The minimum Gasteiger partial charge on any atom is -0.478 e. The van der Waals surface area contributed by atoms with E-state index in [-0.39, 0.29) is 5.56 Å². The van der Waals surface area contributed by atoms with Gasteiger partial charge in [-0.25, -0.2) is 4.79 Å². The molecule has 0 aliphatic rings. The highest BCUT2D eigenvalue weighted by Crippen LogP contribution is 2.26. The summed E-state index contributed by atoms with van der Waals surface area (Å²) < 4.78 is 0. The van der Waals surface area contributed by atoms with Crippen LogP contribution in [0.15, 0.2) is 30.3 Å². The van der Waals surface area contributed by atoms with E-state index >= 15 is 0 Å². The first kappa shape index (κ1) is 9.80. The van der Waals surface area contributed by atoms with Gasteiger partial charge in [0.05, 0.1) is 5.56 Å². The van der Waals surface area contributed by atoms with Crippen molar-refractivity contribution in [2.45, 2.75) is 0 Å². The van der Waals surface area contributed by atoms with Gasteiger partial charge >= 0.3 is 5.97 Å². The smallest absolute Gasteiger partial charge is 0.335 e. The third kappa shape index (κ3) is 1.74. The summed E-state index contributed by atoms with van der Waals surface area (Å²) in [7, 11) is 0. The van der Waals surface area contributed by atoms with Crippen LogP contribution in [0.3, 0.4) is 0 Å². The number of rotatable bonds is 1. The van der Waals surface area contributed by atoms with Crippen LogP contribution in [0.1, 0.15) is 10.4 Å². The number of benzene rings is 2. The van der Waals surface area contributed by atoms with Crippen molar-refractivity contribution in [2.75, 3.05) is 5.73 Å². The number of halogens is 1. The first-order chi connectivity index (χ1) is 7.08. The number of carboxylic acids is 1. The molecule has 15 heavy (non-hydrogen) atoms. The number of nitrogens with two attached hydrogens (primary N) is 1. The molecule has 2 rings (SSSR count). The molecule has 0 fully saturated rings. The van der Waals surface area contributed by atoms with Crippen LogP contribution in [0.25, 0.3) is 10.8 Å². The normalized spacial score (nSPS) is 10.5. The van der Waals surface area contributed by atoms with Crippen molar-refractivity contribution in [3.63, 3.8) is 0 Å². The van der Waals surface area contributed by atoms with Gasteiger partial charge < -0.3 is 10.8 Å². The molecule has 0 heterocycles. The third-order valence-electron chi connectivity index (χ3n) is 2.20. The maximum absolute atomic E-state index is 10.8. The molecule has 0 amide bonds. The van der Waals surface area contributed by atoms with Crippen LogP contribution in [-0.4, -0.2) is 11.1 Å². The van der Waals surface area contributed by atoms with E-state index in [2.05, 4.69) is 0 Å². The van der Waals surface area contributed by atoms with Crippen molar-refractivity contribution in [1.29, 1.82) is 0 Å². The Morgan fingerprint density at radius 3 is 2.67 bits per heavy atom. The zero-order chi connectivity index (χ0) is 11.0. The van der Waals surface area contributed by atoms with Gasteiger partial charge in [-0.1, -0.05) is 17.7 Å². The van der Waals surface area contributed by atoms with Crippen LogP contribution in [0.4, 0.5) is 5.69 Å². The van der Waals surface area contributed by atoms with E-state index < -0.39 is 5.97 Å². The molecule has 76 valence electrons. The Bertz CT molecular complexity index is 552. The van der Waals surface area contributed by atoms with Gasteiger partial charge in [-0.05, 0) is 29.7 Å². The van der Waals surface area contributed by atoms with Gasteiger partial charge in [-0.3, -0.25) is 0 Å². The minimum atomic E-state index is -0.987. The lowest BCUT2D eigenvalue weighted by atomic mass is 10.1. The van der Waals surface area contributed by atoms with Crippen molar-refractivity contribution in [3.8, 4) is 0 Å². The van der Waals surface area contributed by atoms with Crippen LogP contribution in [0.5, 0.6) is 0 Å². The Labute approximate surface area is 91.1 Å². The van der Waals surface area contributed by atoms with Gasteiger partial charge in [0.1, 0.15) is 0 Å². The van der Waals surface area contributed by atoms with Gasteiger partial charge in [-0.2, -0.15) is 0 Å². The second-order valence-corrected chi connectivity index (χ2v) is 3.67. The molecule has 3 N–H and O–H groups in total. The molecule has 0 bridgehead atoms. The van der Waals surface area contributed by atoms with E-state index in [1.165, 1.54) is 6.07 Å². The highest BCUT2D eigenvalue weighted by Gasteiger charge is 2.07. The minimum absolute atomic E-state index is 0.183. The highest BCUT2D eigenvalue weighted by atomic mass is 35.5. The molecule has 0 aliphatic heterocycles. The predicted molar refractivity (Wildman–Crippen MR) is 60.3 cm³/mol. The molecular formula is C11H8ClNO2. The fraction of sp³-hybridized carbons (Fsp3) is 0. The molecule has 2 aromatic carbocycles. The molecule has 0 atom stereocenters. The number of nitrogen functional groups attached to an aromatic ring is 1. The summed E-state index contributed by atoms with van der Waals surface area (Å²) in [6.07, 6.45) is 0. The van der Waals surface area contributed by atoms with Crippen LogP contribution >= 0.6 is 11.6 Å². The van der Waals surface area contributed by atoms with E-state index in [4.69, 9.17) is 22.4 Å². The van der Waals surface area contributed by atoms with Crippen LogP contribution in [0, 0.1) is 0 Å². The molecular weight excluding hydrogens is 214 g/mol. The fourth-order valence-electron chi connectivity index (χ4n) is 1.48. The number of anilines is 1. The number of carboxylic acid groups (broad SMARTS) is 1. The first-order valence-corrected chi connectivity index (χ1v) is 4.68. The van der Waals surface area contributed by atoms with Gasteiger partial charge in [-0.15, -0.1) is 0 Å². The first-order valence-electron chi connectivity index (χ1n) is 4.30. The summed E-state index contributed by atoms with van der Waals surface area (Å²) in [5.41, 5.74) is 6.35. The monoisotopic (exact) mass is 221 g/mol. The lowest BCUT2D eigenvalue weighted by Gasteiger charge is -2.04. The zero-order valence-corrected chi connectivity index (χ0v) is 8.45. The molecule has 4 heteroatoms. The Hall–Kier alpha value is -1.74. The molecule has 0 radical (unpaired) electrons. The summed E-state index contributed by atoms with van der Waals surface area (Å²) in [6, 6.07) is 8.18. The van der Waals surface area contributed by atoms with E-state index in [9.17, 15) is 4.79 Å². The Kier molecular flexibility index (Phi) is 2.25. The molecule has 0 saturated heterocycles. The highest BCUT2D eigenvalue weighted by molar-refractivity contribution is 6.31. The third-order valence-corrected chi connectivity index (χ3v) is 2.43. The Morgan fingerprint density at radius 2 is 2.00 bits per heavy atom. The second-order valence-electron chi connectivity index (χ2n) is 3.24. The van der Waals surface area contributed by atoms with Crippen molar-refractivity contribution >= 4 is 34.0 Å². The fourth-order valence-corrected chi connectivity index (χ4v) is 1.65. The summed E-state index contributed by atoms with van der Waals surface area (Å²) in [4.78, 5) is 10.8. The van der Waals surface area contributed by atoms with E-state index in [1.807, 2.05) is 0 Å². The molecule has 0 aromatic heterocycles. The van der Waals surface area contributed by atoms with Gasteiger partial charge in [0, 0.05) is 16.1 Å². The number of carbonyl (C=O) groups is 1. The molecule has 0 saturated carbocycles. The van der Waals surface area contributed by atoms with Crippen LogP contribution in [-0.2, 0) is 0 Å². The van der Waals surface area contributed by atoms with Crippen molar-refractivity contribution in [1.82, 2.24) is 0 Å². The van der Waals surface area contributed by atoms with E-state index in [0.29, 0.717) is 10.7 Å². The Balaban J connectivity index is 2.78. The van der Waals surface area contributed by atoms with Gasteiger partial charge in [0.2, 0.25) is 0 Å². The van der Waals surface area contributed by atoms with E-state index in [1.54, 1.807) is 24.3 Å². The topological polar surface area (TPSA) is 63.3 Å². The molecule has 0 aliphatic carbocycles. The van der Waals surface area contributed by atoms with Crippen molar-refractivity contribution in [3.05, 3.63) is 40.9 Å². The van der Waals surface area contributed by atoms with Crippen LogP contribution < -0.4 is 5.73 Å². The number of fused-ring (bicyclic) bond motifs is 1. The van der Waals surface area contributed by atoms with Crippen molar-refractivity contribution in [2.24, 2.45) is 0 Å². The second kappa shape index (κ2) is 3.44. The average Bonchev–Trinajstić information content (AvgIpc) is 2.18. The summed E-state index contributed by atoms with van der Waals surface area (Å²) in [6.45, 7) is 0. The van der Waals surface area contributed by atoms with Gasteiger partial charge in [0.25, 0.3) is 0 Å². The van der Waals surface area contributed by atoms with E-state index in [0.717, 1.165) is 10.8 Å². The number of hydrogen-bond donors (Lipinski definition) is 2. The predicted octanol–water partition coefficient (Wildman–Crippen LogP) is 2.77. The molecule has 3 nitrogen and oxygen atoms in total. The summed E-state index contributed by atoms with van der Waals surface area (Å²) >= 11 is 5.82.